The second-order valence-electron chi connectivity index (χ2n) is 3.43. The first-order chi connectivity index (χ1) is 7.06. The average molecular weight is 242 g/mol. The van der Waals surface area contributed by atoms with Gasteiger partial charge in [0.2, 0.25) is 11.4 Å². The van der Waals surface area contributed by atoms with Crippen LogP contribution in [0.5, 0.6) is 0 Å². The van der Waals surface area contributed by atoms with Gasteiger partial charge in [-0.25, -0.2) is 4.79 Å². The molecule has 5 nitrogen and oxygen atoms in total. The van der Waals surface area contributed by atoms with Gasteiger partial charge in [0.05, 0.1) is 6.04 Å². The molecule has 4 N–H and O–H groups in total. The number of alkyl halides is 3. The lowest BCUT2D eigenvalue weighted by Crippen LogP contribution is -2.64. The maximum atomic E-state index is 12.4. The highest BCUT2D eigenvalue weighted by Gasteiger charge is 2.58. The highest BCUT2D eigenvalue weighted by Crippen LogP contribution is 2.30. The Balaban J connectivity index is 4.99. The molecule has 1 unspecified atom stereocenters. The Kier molecular flexibility index (Phi) is 4.30. The van der Waals surface area contributed by atoms with Gasteiger partial charge in [-0.15, -0.1) is 0 Å². The lowest BCUT2D eigenvalue weighted by atomic mass is 10.0. The van der Waals surface area contributed by atoms with Crippen LogP contribution in [-0.2, 0) is 9.59 Å². The van der Waals surface area contributed by atoms with E-state index in [0.29, 0.717) is 6.92 Å². The highest BCUT2D eigenvalue weighted by atomic mass is 19.4. The van der Waals surface area contributed by atoms with Crippen molar-refractivity contribution in [3.05, 3.63) is 0 Å². The van der Waals surface area contributed by atoms with Crippen molar-refractivity contribution in [2.75, 3.05) is 0 Å². The molecule has 0 radical (unpaired) electrons. The molecule has 0 heterocycles. The molecule has 0 aliphatic heterocycles. The predicted octanol–water partition coefficient (Wildman–Crippen LogP) is 0.245. The van der Waals surface area contributed by atoms with Gasteiger partial charge in [-0.05, 0) is 13.3 Å². The number of carboxylic acid groups (broad SMARTS) is 1. The molecule has 0 aromatic carbocycles. The van der Waals surface area contributed by atoms with E-state index < -0.39 is 29.6 Å². The molecule has 2 atom stereocenters. The van der Waals surface area contributed by atoms with Crippen LogP contribution >= 0.6 is 0 Å². The van der Waals surface area contributed by atoms with Crippen LogP contribution in [0.25, 0.3) is 0 Å². The number of rotatable bonds is 4. The minimum Gasteiger partial charge on any atom is -0.479 e. The summed E-state index contributed by atoms with van der Waals surface area (Å²) in [6, 6.07) is -1.17. The van der Waals surface area contributed by atoms with E-state index in [4.69, 9.17) is 10.8 Å². The molecule has 0 bridgehead atoms. The first-order valence-corrected chi connectivity index (χ1v) is 4.44. The van der Waals surface area contributed by atoms with Gasteiger partial charge in [0.15, 0.2) is 0 Å². The molecule has 0 aliphatic carbocycles. The van der Waals surface area contributed by atoms with E-state index in [1.807, 2.05) is 0 Å². The summed E-state index contributed by atoms with van der Waals surface area (Å²) in [4.78, 5) is 21.7. The first-order valence-electron chi connectivity index (χ1n) is 4.44. The van der Waals surface area contributed by atoms with Crippen molar-refractivity contribution in [3.63, 3.8) is 0 Å². The van der Waals surface area contributed by atoms with Crippen molar-refractivity contribution < 1.29 is 27.9 Å². The van der Waals surface area contributed by atoms with Crippen molar-refractivity contribution in [2.45, 2.75) is 38.0 Å². The molecule has 0 rings (SSSR count). The minimum absolute atomic E-state index is 0.111. The van der Waals surface area contributed by atoms with Crippen molar-refractivity contribution in [1.82, 2.24) is 5.32 Å². The number of amides is 1. The Hall–Kier alpha value is -1.31. The Morgan fingerprint density at radius 1 is 1.44 bits per heavy atom. The first kappa shape index (κ1) is 14.7. The number of carbonyl (C=O) groups excluding carboxylic acids is 1. The van der Waals surface area contributed by atoms with Gasteiger partial charge < -0.3 is 16.2 Å². The Bertz CT molecular complexity index is 293. The third-order valence-corrected chi connectivity index (χ3v) is 2.14. The molecule has 0 aromatic rings. The Labute approximate surface area is 89.8 Å². The quantitative estimate of drug-likeness (QED) is 0.658. The monoisotopic (exact) mass is 242 g/mol. The number of hydrogen-bond acceptors (Lipinski definition) is 3. The standard InChI is InChI=1S/C8H13F3N2O3/c1-3-4(12)5(14)13-7(2,6(15)16)8(9,10)11/h4H,3,12H2,1-2H3,(H,13,14)(H,15,16)/t4-,7?/m1/s1. The van der Waals surface area contributed by atoms with E-state index in [0.717, 1.165) is 0 Å². The Morgan fingerprint density at radius 3 is 2.12 bits per heavy atom. The van der Waals surface area contributed by atoms with Crippen LogP contribution in [0.1, 0.15) is 20.3 Å². The Morgan fingerprint density at radius 2 is 1.88 bits per heavy atom. The van der Waals surface area contributed by atoms with Crippen molar-refractivity contribution in [1.29, 1.82) is 0 Å². The van der Waals surface area contributed by atoms with Gasteiger partial charge in [-0.1, -0.05) is 6.92 Å². The van der Waals surface area contributed by atoms with E-state index in [-0.39, 0.29) is 6.42 Å². The second-order valence-corrected chi connectivity index (χ2v) is 3.43. The molecule has 16 heavy (non-hydrogen) atoms. The van der Waals surface area contributed by atoms with Crippen molar-refractivity contribution in [3.8, 4) is 0 Å². The van der Waals surface area contributed by atoms with E-state index >= 15 is 0 Å². The van der Waals surface area contributed by atoms with Crippen LogP contribution in [0.3, 0.4) is 0 Å². The predicted molar refractivity (Wildman–Crippen MR) is 48.5 cm³/mol. The molecular formula is C8H13F3N2O3. The SMILES string of the molecule is CC[C@@H](N)C(=O)NC(C)(C(=O)O)C(F)(F)F. The number of nitrogens with one attached hydrogen (secondary N) is 1. The van der Waals surface area contributed by atoms with Gasteiger partial charge in [0.25, 0.3) is 0 Å². The fraction of sp³-hybridized carbons (Fsp3) is 0.750. The molecule has 0 spiro atoms. The summed E-state index contributed by atoms with van der Waals surface area (Å²) in [5, 5.41) is 9.89. The minimum atomic E-state index is -5.10. The second kappa shape index (κ2) is 4.69. The molecule has 0 saturated carbocycles. The van der Waals surface area contributed by atoms with E-state index in [1.165, 1.54) is 12.2 Å². The fourth-order valence-corrected chi connectivity index (χ4v) is 0.770. The topological polar surface area (TPSA) is 92.4 Å². The van der Waals surface area contributed by atoms with Crippen LogP contribution in [0.15, 0.2) is 0 Å². The van der Waals surface area contributed by atoms with Crippen LogP contribution < -0.4 is 11.1 Å². The molecule has 1 amide bonds. The summed E-state index contributed by atoms with van der Waals surface area (Å²) >= 11 is 0. The van der Waals surface area contributed by atoms with E-state index in [9.17, 15) is 22.8 Å². The number of aliphatic carboxylic acids is 1. The van der Waals surface area contributed by atoms with Gasteiger partial charge >= 0.3 is 12.1 Å². The number of halogens is 3. The van der Waals surface area contributed by atoms with Crippen LogP contribution in [-0.4, -0.2) is 34.7 Å². The van der Waals surface area contributed by atoms with Gasteiger partial charge in [0.1, 0.15) is 0 Å². The van der Waals surface area contributed by atoms with Crippen molar-refractivity contribution in [2.24, 2.45) is 5.73 Å². The van der Waals surface area contributed by atoms with Crippen LogP contribution in [0, 0.1) is 0 Å². The highest BCUT2D eigenvalue weighted by molar-refractivity contribution is 5.89. The van der Waals surface area contributed by atoms with Crippen LogP contribution in [0.2, 0.25) is 0 Å². The summed E-state index contributed by atoms with van der Waals surface area (Å²) in [6.07, 6.45) is -4.98. The summed E-state index contributed by atoms with van der Waals surface area (Å²) in [7, 11) is 0. The van der Waals surface area contributed by atoms with Gasteiger partial charge in [0, 0.05) is 0 Å². The zero-order valence-corrected chi connectivity index (χ0v) is 8.76. The zero-order valence-electron chi connectivity index (χ0n) is 8.76. The summed E-state index contributed by atoms with van der Waals surface area (Å²) < 4.78 is 37.3. The maximum absolute atomic E-state index is 12.4. The summed E-state index contributed by atoms with van der Waals surface area (Å²) in [5.41, 5.74) is 1.87. The molecule has 0 fully saturated rings. The zero-order chi connectivity index (χ0) is 13.1. The van der Waals surface area contributed by atoms with E-state index in [1.54, 1.807) is 0 Å². The number of carboxylic acids is 1. The van der Waals surface area contributed by atoms with Gasteiger partial charge in [-0.2, -0.15) is 13.2 Å². The largest absolute Gasteiger partial charge is 0.479 e. The van der Waals surface area contributed by atoms with Crippen molar-refractivity contribution >= 4 is 11.9 Å². The van der Waals surface area contributed by atoms with Gasteiger partial charge in [-0.3, -0.25) is 4.79 Å². The molecule has 0 aliphatic rings. The summed E-state index contributed by atoms with van der Waals surface area (Å²) in [6.45, 7) is 1.87. The maximum Gasteiger partial charge on any atom is 0.422 e. The molecule has 8 heteroatoms. The molecule has 0 saturated heterocycles. The number of hydrogen-bond donors (Lipinski definition) is 3. The summed E-state index contributed by atoms with van der Waals surface area (Å²) in [5.74, 6) is -3.33. The van der Waals surface area contributed by atoms with Crippen LogP contribution in [0.4, 0.5) is 13.2 Å². The normalized spacial score (nSPS) is 17.4. The third-order valence-electron chi connectivity index (χ3n) is 2.14. The smallest absolute Gasteiger partial charge is 0.422 e. The fourth-order valence-electron chi connectivity index (χ4n) is 0.770. The average Bonchev–Trinajstić information content (AvgIpc) is 2.14. The lowest BCUT2D eigenvalue weighted by Gasteiger charge is -2.29. The third kappa shape index (κ3) is 2.84. The molecule has 0 aromatic heterocycles. The number of nitrogens with two attached hydrogens (primary N) is 1. The molecular weight excluding hydrogens is 229 g/mol. The molecule has 94 valence electrons. The lowest BCUT2D eigenvalue weighted by molar-refractivity contribution is -0.207. The number of carbonyl (C=O) groups is 2. The van der Waals surface area contributed by atoms with E-state index in [2.05, 4.69) is 0 Å².